The molecule has 1 amide bonds. The van der Waals surface area contributed by atoms with Gasteiger partial charge in [0.15, 0.2) is 0 Å². The zero-order valence-corrected chi connectivity index (χ0v) is 12.1. The van der Waals surface area contributed by atoms with Gasteiger partial charge in [-0.15, -0.1) is 0 Å². The zero-order chi connectivity index (χ0) is 14.1. The quantitative estimate of drug-likeness (QED) is 0.741. The van der Waals surface area contributed by atoms with E-state index in [9.17, 15) is 4.79 Å². The highest BCUT2D eigenvalue weighted by Crippen LogP contribution is 2.07. The van der Waals surface area contributed by atoms with Crippen molar-refractivity contribution in [2.75, 3.05) is 27.2 Å². The number of carbonyl (C=O) groups excluding carboxylic acids is 1. The molecule has 1 unspecified atom stereocenters. The molecule has 106 valence electrons. The third-order valence-electron chi connectivity index (χ3n) is 3.25. The van der Waals surface area contributed by atoms with Gasteiger partial charge < -0.3 is 10.6 Å². The summed E-state index contributed by atoms with van der Waals surface area (Å²) in [6.45, 7) is 4.23. The molecule has 0 aliphatic rings. The normalized spacial score (nSPS) is 12.4. The van der Waals surface area contributed by atoms with E-state index in [1.807, 2.05) is 6.07 Å². The van der Waals surface area contributed by atoms with Crippen LogP contribution >= 0.6 is 0 Å². The number of amides is 1. The Balaban J connectivity index is 2.25. The molecule has 19 heavy (non-hydrogen) atoms. The van der Waals surface area contributed by atoms with Crippen LogP contribution in [-0.2, 0) is 11.3 Å². The molecule has 4 nitrogen and oxygen atoms in total. The minimum absolute atomic E-state index is 0.0559. The van der Waals surface area contributed by atoms with Crippen LogP contribution in [0.5, 0.6) is 0 Å². The van der Waals surface area contributed by atoms with E-state index >= 15 is 0 Å². The van der Waals surface area contributed by atoms with Crippen LogP contribution in [0, 0.1) is 0 Å². The van der Waals surface area contributed by atoms with Crippen LogP contribution in [0.15, 0.2) is 30.3 Å². The Hall–Kier alpha value is -1.39. The predicted molar refractivity (Wildman–Crippen MR) is 78.9 cm³/mol. The van der Waals surface area contributed by atoms with Gasteiger partial charge in [-0.05, 0) is 33.0 Å². The first kappa shape index (κ1) is 15.7. The number of nitrogens with one attached hydrogen (secondary N) is 2. The Morgan fingerprint density at radius 3 is 2.63 bits per heavy atom. The molecule has 1 aromatic carbocycles. The molecule has 2 N–H and O–H groups in total. The molecule has 0 aliphatic carbocycles. The fraction of sp³-hybridized carbons (Fsp3) is 0.533. The van der Waals surface area contributed by atoms with E-state index in [0.717, 1.165) is 19.5 Å². The van der Waals surface area contributed by atoms with E-state index in [2.05, 4.69) is 53.8 Å². The Labute approximate surface area is 116 Å². The van der Waals surface area contributed by atoms with Crippen LogP contribution < -0.4 is 10.6 Å². The summed E-state index contributed by atoms with van der Waals surface area (Å²) in [5.74, 6) is 0.0559. The van der Waals surface area contributed by atoms with E-state index < -0.39 is 0 Å². The lowest BCUT2D eigenvalue weighted by molar-refractivity contribution is -0.120. The topological polar surface area (TPSA) is 44.4 Å². The monoisotopic (exact) mass is 263 g/mol. The summed E-state index contributed by atoms with van der Waals surface area (Å²) in [4.78, 5) is 13.6. The van der Waals surface area contributed by atoms with Gasteiger partial charge in [-0.1, -0.05) is 30.3 Å². The molecule has 4 heteroatoms. The summed E-state index contributed by atoms with van der Waals surface area (Å²) in [7, 11) is 3.89. The van der Waals surface area contributed by atoms with Gasteiger partial charge in [0.2, 0.25) is 5.91 Å². The first-order chi connectivity index (χ1) is 9.13. The molecule has 0 fully saturated rings. The Bertz CT molecular complexity index is 367. The number of benzene rings is 1. The number of hydrogen-bond donors (Lipinski definition) is 2. The van der Waals surface area contributed by atoms with Crippen molar-refractivity contribution >= 4 is 5.91 Å². The van der Waals surface area contributed by atoms with E-state index in [1.54, 1.807) is 7.05 Å². The largest absolute Gasteiger partial charge is 0.355 e. The fourth-order valence-corrected chi connectivity index (χ4v) is 1.89. The van der Waals surface area contributed by atoms with Crippen LogP contribution in [0.1, 0.15) is 18.9 Å². The first-order valence-corrected chi connectivity index (χ1v) is 6.79. The van der Waals surface area contributed by atoms with Crippen molar-refractivity contribution in [3.05, 3.63) is 35.9 Å². The lowest BCUT2D eigenvalue weighted by atomic mass is 10.1. The van der Waals surface area contributed by atoms with Gasteiger partial charge in [-0.2, -0.15) is 0 Å². The minimum Gasteiger partial charge on any atom is -0.355 e. The minimum atomic E-state index is 0.0559. The maximum Gasteiger partial charge on any atom is 0.233 e. The first-order valence-electron chi connectivity index (χ1n) is 6.79. The van der Waals surface area contributed by atoms with Gasteiger partial charge in [0.05, 0.1) is 6.54 Å². The van der Waals surface area contributed by atoms with Gasteiger partial charge >= 0.3 is 0 Å². The molecule has 0 spiro atoms. The average molecular weight is 263 g/mol. The molecule has 0 aromatic heterocycles. The number of likely N-dealkylation sites (N-methyl/N-ethyl adjacent to an activating group) is 1. The van der Waals surface area contributed by atoms with Crippen molar-refractivity contribution in [1.82, 2.24) is 15.5 Å². The van der Waals surface area contributed by atoms with Crippen molar-refractivity contribution in [3.63, 3.8) is 0 Å². The van der Waals surface area contributed by atoms with Crippen molar-refractivity contribution in [3.8, 4) is 0 Å². The lowest BCUT2D eigenvalue weighted by Gasteiger charge is -2.24. The molecular formula is C15H25N3O. The molecule has 0 bridgehead atoms. The summed E-state index contributed by atoms with van der Waals surface area (Å²) in [5, 5.41) is 5.74. The van der Waals surface area contributed by atoms with Crippen LogP contribution in [0.4, 0.5) is 0 Å². The Morgan fingerprint density at radius 1 is 1.32 bits per heavy atom. The summed E-state index contributed by atoms with van der Waals surface area (Å²) in [6.07, 6.45) is 0.957. The standard InChI is InChI=1S/C15H25N3O/c1-13(9-10-17-15(19)11-16-2)18(3)12-14-7-5-4-6-8-14/h4-8,13,16H,9-12H2,1-3H3,(H,17,19). The lowest BCUT2D eigenvalue weighted by Crippen LogP contribution is -2.36. The number of carbonyl (C=O) groups is 1. The highest BCUT2D eigenvalue weighted by molar-refractivity contribution is 5.77. The van der Waals surface area contributed by atoms with Crippen LogP contribution in [-0.4, -0.2) is 44.0 Å². The van der Waals surface area contributed by atoms with Crippen molar-refractivity contribution < 1.29 is 4.79 Å². The van der Waals surface area contributed by atoms with E-state index in [-0.39, 0.29) is 5.91 Å². The van der Waals surface area contributed by atoms with Gasteiger partial charge in [-0.25, -0.2) is 0 Å². The molecule has 0 saturated heterocycles. The van der Waals surface area contributed by atoms with Gasteiger partial charge in [0.25, 0.3) is 0 Å². The van der Waals surface area contributed by atoms with E-state index in [4.69, 9.17) is 0 Å². The molecule has 0 aliphatic heterocycles. The molecule has 0 heterocycles. The second kappa shape index (κ2) is 8.67. The van der Waals surface area contributed by atoms with Crippen molar-refractivity contribution in [2.24, 2.45) is 0 Å². The Kier molecular flexibility index (Phi) is 7.15. The molecule has 1 aromatic rings. The summed E-state index contributed by atoms with van der Waals surface area (Å²) < 4.78 is 0. The zero-order valence-electron chi connectivity index (χ0n) is 12.1. The third-order valence-corrected chi connectivity index (χ3v) is 3.25. The maximum absolute atomic E-state index is 11.3. The Morgan fingerprint density at radius 2 is 2.00 bits per heavy atom. The molecular weight excluding hydrogens is 238 g/mol. The van der Waals surface area contributed by atoms with Gasteiger partial charge in [0, 0.05) is 19.1 Å². The summed E-state index contributed by atoms with van der Waals surface area (Å²) in [6, 6.07) is 10.9. The van der Waals surface area contributed by atoms with Gasteiger partial charge in [0.1, 0.15) is 0 Å². The summed E-state index contributed by atoms with van der Waals surface area (Å²) in [5.41, 5.74) is 1.32. The third kappa shape index (κ3) is 6.36. The van der Waals surface area contributed by atoms with E-state index in [0.29, 0.717) is 12.6 Å². The number of hydrogen-bond acceptors (Lipinski definition) is 3. The molecule has 0 saturated carbocycles. The number of rotatable bonds is 8. The smallest absolute Gasteiger partial charge is 0.233 e. The van der Waals surface area contributed by atoms with Crippen LogP contribution in [0.2, 0.25) is 0 Å². The van der Waals surface area contributed by atoms with Crippen molar-refractivity contribution in [1.29, 1.82) is 0 Å². The van der Waals surface area contributed by atoms with Gasteiger partial charge in [-0.3, -0.25) is 9.69 Å². The summed E-state index contributed by atoms with van der Waals surface area (Å²) >= 11 is 0. The molecule has 0 radical (unpaired) electrons. The maximum atomic E-state index is 11.3. The van der Waals surface area contributed by atoms with E-state index in [1.165, 1.54) is 5.56 Å². The van der Waals surface area contributed by atoms with Crippen LogP contribution in [0.25, 0.3) is 0 Å². The predicted octanol–water partition coefficient (Wildman–Crippen LogP) is 1.23. The molecule has 1 atom stereocenters. The number of nitrogens with zero attached hydrogens (tertiary/aromatic N) is 1. The van der Waals surface area contributed by atoms with Crippen molar-refractivity contribution in [2.45, 2.75) is 25.9 Å². The second-order valence-corrected chi connectivity index (χ2v) is 4.92. The average Bonchev–Trinajstić information content (AvgIpc) is 2.40. The molecule has 1 rings (SSSR count). The second-order valence-electron chi connectivity index (χ2n) is 4.92. The highest BCUT2D eigenvalue weighted by atomic mass is 16.1. The highest BCUT2D eigenvalue weighted by Gasteiger charge is 2.09. The fourth-order valence-electron chi connectivity index (χ4n) is 1.89. The SMILES string of the molecule is CNCC(=O)NCCC(C)N(C)Cc1ccccc1. The van der Waals surface area contributed by atoms with Crippen LogP contribution in [0.3, 0.4) is 0 Å².